The molecule has 0 bridgehead atoms. The van der Waals surface area contributed by atoms with Gasteiger partial charge in [0.05, 0.1) is 12.6 Å². The summed E-state index contributed by atoms with van der Waals surface area (Å²) in [6.07, 6.45) is 0. The number of pyridine rings is 1. The van der Waals surface area contributed by atoms with Crippen molar-refractivity contribution >= 4 is 27.7 Å². The van der Waals surface area contributed by atoms with Gasteiger partial charge in [-0.15, -0.1) is 0 Å². The number of hydrogen-bond donors (Lipinski definition) is 1. The third-order valence-electron chi connectivity index (χ3n) is 1.64. The molecule has 0 unspecified atom stereocenters. The van der Waals surface area contributed by atoms with Crippen LogP contribution in [0.1, 0.15) is 9.80 Å². The number of methoxy groups -OCH3 is 1. The lowest BCUT2D eigenvalue weighted by atomic mass is 10.4. The average molecular weight is 210 g/mol. The average Bonchev–Trinajstić information content (AvgIpc) is 2.59. The van der Waals surface area contributed by atoms with Gasteiger partial charge in [0.25, 0.3) is 0 Å². The number of rotatable bonds is 1. The normalized spacial score (nSPS) is 10.4. The van der Waals surface area contributed by atoms with Crippen LogP contribution in [0.4, 0.5) is 0 Å². The first kappa shape index (κ1) is 8.89. The molecule has 0 aliphatic heterocycles. The SMILES string of the molecule is COC(=O)c1nc2ccc(=O)[nH]c2s1. The van der Waals surface area contributed by atoms with E-state index in [2.05, 4.69) is 14.7 Å². The molecule has 0 aromatic carbocycles. The van der Waals surface area contributed by atoms with Gasteiger partial charge in [-0.25, -0.2) is 9.78 Å². The molecule has 2 rings (SSSR count). The Balaban J connectivity index is 2.62. The van der Waals surface area contributed by atoms with Crippen molar-refractivity contribution in [1.29, 1.82) is 0 Å². The number of fused-ring (bicyclic) bond motifs is 1. The second-order valence-electron chi connectivity index (χ2n) is 2.55. The van der Waals surface area contributed by atoms with E-state index in [9.17, 15) is 9.59 Å². The maximum atomic E-state index is 11.1. The van der Waals surface area contributed by atoms with Crippen LogP contribution in [0.15, 0.2) is 16.9 Å². The zero-order valence-corrected chi connectivity index (χ0v) is 8.05. The maximum absolute atomic E-state index is 11.1. The summed E-state index contributed by atoms with van der Waals surface area (Å²) in [5.74, 6) is -0.493. The van der Waals surface area contributed by atoms with Crippen molar-refractivity contribution in [3.05, 3.63) is 27.5 Å². The van der Waals surface area contributed by atoms with Gasteiger partial charge in [0.15, 0.2) is 0 Å². The Bertz CT molecular complexity index is 543. The van der Waals surface area contributed by atoms with Crippen LogP contribution in [0.3, 0.4) is 0 Å². The Hall–Kier alpha value is -1.69. The minimum absolute atomic E-state index is 0.211. The van der Waals surface area contributed by atoms with Gasteiger partial charge in [0.1, 0.15) is 4.83 Å². The van der Waals surface area contributed by atoms with E-state index < -0.39 is 5.97 Å². The van der Waals surface area contributed by atoms with Crippen molar-refractivity contribution in [3.8, 4) is 0 Å². The highest BCUT2D eigenvalue weighted by atomic mass is 32.1. The summed E-state index contributed by atoms with van der Waals surface area (Å²) in [4.78, 5) is 29.2. The quantitative estimate of drug-likeness (QED) is 0.706. The smallest absolute Gasteiger partial charge is 0.367 e. The number of carbonyl (C=O) groups excluding carboxylic acids is 1. The highest BCUT2D eigenvalue weighted by Gasteiger charge is 2.12. The van der Waals surface area contributed by atoms with Gasteiger partial charge in [-0.05, 0) is 6.07 Å². The summed E-state index contributed by atoms with van der Waals surface area (Å²) >= 11 is 1.10. The molecular weight excluding hydrogens is 204 g/mol. The number of aromatic amines is 1. The van der Waals surface area contributed by atoms with Gasteiger partial charge in [0.2, 0.25) is 10.6 Å². The van der Waals surface area contributed by atoms with E-state index in [0.717, 1.165) is 11.3 Å². The third-order valence-corrected chi connectivity index (χ3v) is 2.61. The van der Waals surface area contributed by atoms with E-state index in [4.69, 9.17) is 0 Å². The molecule has 0 saturated carbocycles. The van der Waals surface area contributed by atoms with Crippen molar-refractivity contribution in [1.82, 2.24) is 9.97 Å². The van der Waals surface area contributed by atoms with Crippen LogP contribution < -0.4 is 5.56 Å². The molecule has 2 aromatic heterocycles. The van der Waals surface area contributed by atoms with Gasteiger partial charge in [-0.1, -0.05) is 11.3 Å². The van der Waals surface area contributed by atoms with Crippen LogP contribution in [0.5, 0.6) is 0 Å². The first-order valence-electron chi connectivity index (χ1n) is 3.79. The number of carbonyl (C=O) groups is 1. The van der Waals surface area contributed by atoms with Crippen LogP contribution in [0.25, 0.3) is 10.3 Å². The number of esters is 1. The molecule has 2 heterocycles. The third kappa shape index (κ3) is 1.39. The Labute approximate surface area is 82.4 Å². The van der Waals surface area contributed by atoms with Gasteiger partial charge in [-0.2, -0.15) is 0 Å². The maximum Gasteiger partial charge on any atom is 0.367 e. The highest BCUT2D eigenvalue weighted by molar-refractivity contribution is 7.19. The van der Waals surface area contributed by atoms with Crippen molar-refractivity contribution < 1.29 is 9.53 Å². The molecule has 72 valence electrons. The van der Waals surface area contributed by atoms with Crippen molar-refractivity contribution in [3.63, 3.8) is 0 Å². The summed E-state index contributed by atoms with van der Waals surface area (Å²) in [5, 5.41) is 0.240. The minimum Gasteiger partial charge on any atom is -0.464 e. The monoisotopic (exact) mass is 210 g/mol. The van der Waals surface area contributed by atoms with E-state index >= 15 is 0 Å². The molecule has 0 aliphatic rings. The molecular formula is C8H6N2O3S. The van der Waals surface area contributed by atoms with Gasteiger partial charge in [0, 0.05) is 6.07 Å². The number of nitrogens with one attached hydrogen (secondary N) is 1. The fraction of sp³-hybridized carbons (Fsp3) is 0.125. The zero-order valence-electron chi connectivity index (χ0n) is 7.23. The van der Waals surface area contributed by atoms with Crippen LogP contribution in [0.2, 0.25) is 0 Å². The van der Waals surface area contributed by atoms with Crippen molar-refractivity contribution in [2.75, 3.05) is 7.11 Å². The van der Waals surface area contributed by atoms with E-state index in [1.165, 1.54) is 13.2 Å². The van der Waals surface area contributed by atoms with Crippen LogP contribution in [-0.2, 0) is 4.74 Å². The molecule has 0 aliphatic carbocycles. The Morgan fingerprint density at radius 2 is 2.36 bits per heavy atom. The lowest BCUT2D eigenvalue weighted by Crippen LogP contribution is -2.00. The van der Waals surface area contributed by atoms with Crippen LogP contribution in [-0.4, -0.2) is 23.0 Å². The standard InChI is InChI=1S/C8H6N2O3S/c1-13-8(12)7-9-4-2-3-5(11)10-6(4)14-7/h2-3H,1H3,(H,10,11). The number of H-pyrrole nitrogens is 1. The van der Waals surface area contributed by atoms with E-state index in [-0.39, 0.29) is 10.6 Å². The summed E-state index contributed by atoms with van der Waals surface area (Å²) < 4.78 is 4.51. The molecule has 0 amide bonds. The topological polar surface area (TPSA) is 72.0 Å². The number of nitrogens with zero attached hydrogens (tertiary/aromatic N) is 1. The second-order valence-corrected chi connectivity index (χ2v) is 3.55. The first-order valence-corrected chi connectivity index (χ1v) is 4.60. The highest BCUT2D eigenvalue weighted by Crippen LogP contribution is 2.18. The molecule has 0 radical (unpaired) electrons. The van der Waals surface area contributed by atoms with Gasteiger partial charge < -0.3 is 9.72 Å². The number of hydrogen-bond acceptors (Lipinski definition) is 5. The number of ether oxygens (including phenoxy) is 1. The van der Waals surface area contributed by atoms with Crippen molar-refractivity contribution in [2.24, 2.45) is 0 Å². The predicted molar refractivity (Wildman–Crippen MR) is 51.6 cm³/mol. The summed E-state index contributed by atoms with van der Waals surface area (Å²) in [6, 6.07) is 2.93. The molecule has 1 N–H and O–H groups in total. The van der Waals surface area contributed by atoms with Crippen LogP contribution in [0, 0.1) is 0 Å². The van der Waals surface area contributed by atoms with E-state index in [1.54, 1.807) is 6.07 Å². The zero-order chi connectivity index (χ0) is 10.1. The summed E-state index contributed by atoms with van der Waals surface area (Å²) in [7, 11) is 1.29. The largest absolute Gasteiger partial charge is 0.464 e. The fourth-order valence-corrected chi connectivity index (χ4v) is 1.89. The Morgan fingerprint density at radius 3 is 3.07 bits per heavy atom. The van der Waals surface area contributed by atoms with Crippen LogP contribution >= 0.6 is 11.3 Å². The second kappa shape index (κ2) is 3.22. The van der Waals surface area contributed by atoms with Gasteiger partial charge in [-0.3, -0.25) is 4.79 Å². The lowest BCUT2D eigenvalue weighted by molar-refractivity contribution is 0.0600. The van der Waals surface area contributed by atoms with E-state index in [1.807, 2.05) is 0 Å². The molecule has 6 heteroatoms. The Kier molecular flexibility index (Phi) is 2.05. The molecule has 0 fully saturated rings. The first-order chi connectivity index (χ1) is 6.70. The van der Waals surface area contributed by atoms with Gasteiger partial charge >= 0.3 is 5.97 Å². The summed E-state index contributed by atoms with van der Waals surface area (Å²) in [5.41, 5.74) is 0.382. The van der Waals surface area contributed by atoms with Crippen molar-refractivity contribution in [2.45, 2.75) is 0 Å². The number of aromatic nitrogens is 2. The fourth-order valence-electron chi connectivity index (χ4n) is 1.02. The summed E-state index contributed by atoms with van der Waals surface area (Å²) in [6.45, 7) is 0. The molecule has 14 heavy (non-hydrogen) atoms. The molecule has 0 atom stereocenters. The molecule has 0 saturated heterocycles. The predicted octanol–water partition coefficient (Wildman–Crippen LogP) is 0.771. The molecule has 5 nitrogen and oxygen atoms in total. The number of thiazole rings is 1. The Morgan fingerprint density at radius 1 is 1.57 bits per heavy atom. The molecule has 2 aromatic rings. The molecule has 0 spiro atoms. The van der Waals surface area contributed by atoms with E-state index in [0.29, 0.717) is 10.3 Å². The minimum atomic E-state index is -0.493. The lowest BCUT2D eigenvalue weighted by Gasteiger charge is -1.89.